The Labute approximate surface area is 287 Å². The third kappa shape index (κ3) is 3.54. The summed E-state index contributed by atoms with van der Waals surface area (Å²) in [4.78, 5) is 0. The van der Waals surface area contributed by atoms with E-state index in [4.69, 9.17) is 0 Å². The van der Waals surface area contributed by atoms with Crippen molar-refractivity contribution in [2.45, 2.75) is 38.5 Å². The summed E-state index contributed by atoms with van der Waals surface area (Å²) in [5, 5.41) is 0. The van der Waals surface area contributed by atoms with Gasteiger partial charge in [0.05, 0.1) is 22.5 Å². The van der Waals surface area contributed by atoms with Gasteiger partial charge >= 0.3 is 7.26 Å². The summed E-state index contributed by atoms with van der Waals surface area (Å²) < 4.78 is 22.7. The first-order valence-corrected chi connectivity index (χ1v) is 17.3. The van der Waals surface area contributed by atoms with Crippen molar-refractivity contribution < 1.29 is 8.80 Å². The van der Waals surface area contributed by atoms with E-state index in [0.29, 0.717) is 0 Å². The molecule has 10 rings (SSSR count). The molecule has 2 nitrogen and oxygen atoms in total. The van der Waals surface area contributed by atoms with E-state index in [9.17, 15) is 0 Å². The molecular formula is C45H35BFN2+. The molecule has 234 valence electrons. The lowest BCUT2D eigenvalue weighted by atomic mass is 9.74. The van der Waals surface area contributed by atoms with Gasteiger partial charge in [0.15, 0.2) is 5.70 Å². The van der Waals surface area contributed by atoms with Gasteiger partial charge in [-0.15, -0.1) is 0 Å². The van der Waals surface area contributed by atoms with Gasteiger partial charge in [-0.05, 0) is 51.1 Å². The molecule has 49 heavy (non-hydrogen) atoms. The maximum atomic E-state index is 18.6. The van der Waals surface area contributed by atoms with Crippen LogP contribution in [0.25, 0.3) is 33.5 Å². The van der Waals surface area contributed by atoms with E-state index in [1.54, 1.807) is 0 Å². The number of halogens is 1. The lowest BCUT2D eigenvalue weighted by Gasteiger charge is -2.31. The maximum Gasteiger partial charge on any atom is 0.847 e. The van der Waals surface area contributed by atoms with Crippen molar-refractivity contribution in [3.63, 3.8) is 0 Å². The fraction of sp³-hybridized carbons (Fsp3) is 0.133. The molecule has 2 aliphatic heterocycles. The predicted octanol–water partition coefficient (Wildman–Crippen LogP) is 10.3. The highest BCUT2D eigenvalue weighted by molar-refractivity contribution is 6.49. The van der Waals surface area contributed by atoms with Crippen molar-refractivity contribution in [2.75, 3.05) is 0 Å². The summed E-state index contributed by atoms with van der Waals surface area (Å²) in [6, 6.07) is 49.1. The monoisotopic (exact) mass is 633 g/mol. The van der Waals surface area contributed by atoms with E-state index in [-0.39, 0.29) is 10.8 Å². The minimum atomic E-state index is -1.48. The highest BCUT2D eigenvalue weighted by atomic mass is 19.1. The van der Waals surface area contributed by atoms with Crippen molar-refractivity contribution in [2.24, 2.45) is 0 Å². The summed E-state index contributed by atoms with van der Waals surface area (Å²) in [7, 11) is -1.48. The van der Waals surface area contributed by atoms with E-state index in [2.05, 4.69) is 155 Å². The second-order valence-electron chi connectivity index (χ2n) is 14.8. The third-order valence-corrected chi connectivity index (χ3v) is 11.5. The van der Waals surface area contributed by atoms with Gasteiger partial charge in [-0.2, -0.15) is 0 Å². The number of rotatable bonds is 3. The zero-order valence-electron chi connectivity index (χ0n) is 28.1. The van der Waals surface area contributed by atoms with Gasteiger partial charge in [0, 0.05) is 27.5 Å². The number of hydrogen-bond donors (Lipinski definition) is 0. The average Bonchev–Trinajstić information content (AvgIpc) is 3.81. The van der Waals surface area contributed by atoms with Crippen molar-refractivity contribution in [3.8, 4) is 22.4 Å². The van der Waals surface area contributed by atoms with E-state index in [1.807, 2.05) is 21.1 Å². The highest BCUT2D eigenvalue weighted by Crippen LogP contribution is 2.61. The first kappa shape index (κ1) is 28.5. The Balaban J connectivity index is 1.45. The molecule has 0 spiro atoms. The molecular weight excluding hydrogens is 598 g/mol. The van der Waals surface area contributed by atoms with Crippen LogP contribution in [-0.2, 0) is 10.8 Å². The zero-order valence-corrected chi connectivity index (χ0v) is 28.1. The minimum Gasteiger partial charge on any atom is -0.284 e. The van der Waals surface area contributed by atoms with Crippen molar-refractivity contribution in [3.05, 3.63) is 190 Å². The third-order valence-electron chi connectivity index (χ3n) is 11.5. The standard InChI is InChI=1S/C45H35BFN2/c1-44(2)33-26-16-14-24-31(33)36-38(44)42-35(28-18-8-5-9-19-28)43-39-37(32-25-15-17-27-34(32)45(39,3)4)41(30-22-12-7-13-23-30)49(43)46(47)48(42)40(36)29-20-10-6-11-21-29/h5-27H,1-4H3/q+1. The molecule has 0 N–H and O–H groups in total. The molecule has 4 heteroatoms. The number of hydrogen-bond acceptors (Lipinski definition) is 0. The Kier molecular flexibility index (Phi) is 5.70. The normalized spacial score (nSPS) is 17.5. The topological polar surface area (TPSA) is 7.94 Å². The molecule has 3 heterocycles. The lowest BCUT2D eigenvalue weighted by Crippen LogP contribution is -2.43. The molecule has 5 aromatic carbocycles. The van der Waals surface area contributed by atoms with Crippen LogP contribution in [0.2, 0.25) is 0 Å². The smallest absolute Gasteiger partial charge is 0.284 e. The number of aromatic nitrogens is 1. The number of benzene rings is 5. The Bertz CT molecular complexity index is 2480. The second kappa shape index (κ2) is 9.79. The molecule has 0 bridgehead atoms. The molecule has 1 aromatic heterocycles. The second-order valence-corrected chi connectivity index (χ2v) is 14.8. The van der Waals surface area contributed by atoms with Gasteiger partial charge < -0.3 is 0 Å². The maximum absolute atomic E-state index is 18.6. The molecule has 0 saturated carbocycles. The molecule has 0 unspecified atom stereocenters. The minimum absolute atomic E-state index is 0.353. The van der Waals surface area contributed by atoms with Gasteiger partial charge in [-0.3, -0.25) is 4.48 Å². The molecule has 0 fully saturated rings. The van der Waals surface area contributed by atoms with Crippen molar-refractivity contribution in [1.29, 1.82) is 0 Å². The van der Waals surface area contributed by atoms with Gasteiger partial charge in [-0.1, -0.05) is 155 Å². The average molecular weight is 634 g/mol. The largest absolute Gasteiger partial charge is 0.847 e. The Morgan fingerprint density at radius 1 is 0.531 bits per heavy atom. The van der Waals surface area contributed by atoms with Crippen LogP contribution in [0.4, 0.5) is 4.32 Å². The molecule has 6 aromatic rings. The summed E-state index contributed by atoms with van der Waals surface area (Å²) in [6.45, 7) is 9.26. The van der Waals surface area contributed by atoms with Crippen LogP contribution in [-0.4, -0.2) is 21.9 Å². The number of allylic oxidation sites excluding steroid dienone is 2. The van der Waals surface area contributed by atoms with Crippen LogP contribution < -0.4 is 0 Å². The molecule has 2 aliphatic carbocycles. The first-order chi connectivity index (χ1) is 23.8. The number of nitrogens with zero attached hydrogens (tertiary/aromatic N) is 2. The molecule has 0 radical (unpaired) electrons. The highest BCUT2D eigenvalue weighted by Gasteiger charge is 2.62. The predicted molar refractivity (Wildman–Crippen MR) is 199 cm³/mol. The Hall–Kier alpha value is -5.48. The van der Waals surface area contributed by atoms with Crippen LogP contribution >= 0.6 is 0 Å². The summed E-state index contributed by atoms with van der Waals surface area (Å²) in [5.74, 6) is 0. The molecule has 0 amide bonds. The summed E-state index contributed by atoms with van der Waals surface area (Å²) in [6.07, 6.45) is 0. The summed E-state index contributed by atoms with van der Waals surface area (Å²) in [5.41, 5.74) is 17.0. The van der Waals surface area contributed by atoms with Gasteiger partial charge in [0.1, 0.15) is 0 Å². The van der Waals surface area contributed by atoms with Crippen LogP contribution in [0, 0.1) is 0 Å². The first-order valence-electron chi connectivity index (χ1n) is 17.3. The van der Waals surface area contributed by atoms with Crippen molar-refractivity contribution >= 4 is 24.1 Å². The zero-order chi connectivity index (χ0) is 33.2. The SMILES string of the molecule is CC1(C)C2=C(C(c3ccccc3)=[N+]3B(F)n4c(c5c(c4-c4ccccc4)-c4ccccc4C5(C)C)C(c4ccccc4)=C23)c2ccccc21. The van der Waals surface area contributed by atoms with Gasteiger partial charge in [-0.25, -0.2) is 8.80 Å². The summed E-state index contributed by atoms with van der Waals surface area (Å²) >= 11 is 0. The molecule has 0 saturated heterocycles. The fourth-order valence-electron chi connectivity index (χ4n) is 9.46. The fourth-order valence-corrected chi connectivity index (χ4v) is 9.46. The van der Waals surface area contributed by atoms with E-state index in [0.717, 1.165) is 56.2 Å². The molecule has 0 atom stereocenters. The van der Waals surface area contributed by atoms with Gasteiger partial charge in [0.25, 0.3) is 0 Å². The van der Waals surface area contributed by atoms with Gasteiger partial charge in [0.2, 0.25) is 5.71 Å². The number of fused-ring (bicyclic) bond motifs is 9. The van der Waals surface area contributed by atoms with Crippen LogP contribution in [0.5, 0.6) is 0 Å². The quantitative estimate of drug-likeness (QED) is 0.171. The van der Waals surface area contributed by atoms with Crippen LogP contribution in [0.15, 0.2) is 151 Å². The Morgan fingerprint density at radius 3 is 1.67 bits per heavy atom. The van der Waals surface area contributed by atoms with Crippen molar-refractivity contribution in [1.82, 2.24) is 4.48 Å². The molecule has 4 aliphatic rings. The van der Waals surface area contributed by atoms with E-state index in [1.165, 1.54) is 33.4 Å². The van der Waals surface area contributed by atoms with Crippen LogP contribution in [0.3, 0.4) is 0 Å². The Morgan fingerprint density at radius 2 is 1.04 bits per heavy atom. The van der Waals surface area contributed by atoms with E-state index < -0.39 is 7.26 Å². The van der Waals surface area contributed by atoms with Crippen LogP contribution in [0.1, 0.15) is 66.8 Å². The lowest BCUT2D eigenvalue weighted by molar-refractivity contribution is -0.336. The van der Waals surface area contributed by atoms with E-state index >= 15 is 4.32 Å².